The Hall–Kier alpha value is -3.15. The van der Waals surface area contributed by atoms with Crippen LogP contribution in [0, 0.1) is 0 Å². The molecule has 6 heteroatoms. The van der Waals surface area contributed by atoms with E-state index < -0.39 is 12.0 Å². The number of benzene rings is 2. The lowest BCUT2D eigenvalue weighted by Gasteiger charge is -2.34. The number of nitrogens with one attached hydrogen (secondary N) is 1. The SMILES string of the molecule is O=C(O)c1ccc(CCNC(=O)C(c2ccccc2)N2CCCCC2=O)cc1. The van der Waals surface area contributed by atoms with Crippen molar-refractivity contribution in [2.75, 3.05) is 13.1 Å². The maximum atomic E-state index is 12.9. The van der Waals surface area contributed by atoms with Gasteiger partial charge in [0.25, 0.3) is 0 Å². The molecule has 2 aromatic rings. The average Bonchev–Trinajstić information content (AvgIpc) is 2.71. The molecule has 0 bridgehead atoms. The minimum Gasteiger partial charge on any atom is -0.478 e. The number of carbonyl (C=O) groups excluding carboxylic acids is 2. The third-order valence-electron chi connectivity index (χ3n) is 4.95. The molecule has 28 heavy (non-hydrogen) atoms. The molecule has 3 rings (SSSR count). The summed E-state index contributed by atoms with van der Waals surface area (Å²) in [5.74, 6) is -1.14. The van der Waals surface area contributed by atoms with Crippen molar-refractivity contribution < 1.29 is 19.5 Å². The van der Waals surface area contributed by atoms with Crippen LogP contribution in [0.5, 0.6) is 0 Å². The summed E-state index contributed by atoms with van der Waals surface area (Å²) in [7, 11) is 0. The number of carbonyl (C=O) groups is 3. The number of aromatic carboxylic acids is 1. The molecule has 1 saturated heterocycles. The number of amides is 2. The summed E-state index contributed by atoms with van der Waals surface area (Å²) in [6, 6.07) is 15.4. The van der Waals surface area contributed by atoms with Crippen LogP contribution in [0.4, 0.5) is 0 Å². The number of carboxylic acids is 1. The number of hydrogen-bond donors (Lipinski definition) is 2. The molecule has 2 aromatic carbocycles. The maximum Gasteiger partial charge on any atom is 0.335 e. The smallest absolute Gasteiger partial charge is 0.335 e. The predicted octanol–water partition coefficient (Wildman–Crippen LogP) is 2.80. The molecule has 0 aromatic heterocycles. The quantitative estimate of drug-likeness (QED) is 0.773. The maximum absolute atomic E-state index is 12.9. The van der Waals surface area contributed by atoms with Crippen molar-refractivity contribution in [1.29, 1.82) is 0 Å². The molecular weight excluding hydrogens is 356 g/mol. The normalized spacial score (nSPS) is 15.1. The molecule has 1 atom stereocenters. The Balaban J connectivity index is 1.66. The Morgan fingerprint density at radius 1 is 1.04 bits per heavy atom. The summed E-state index contributed by atoms with van der Waals surface area (Å²) in [4.78, 5) is 37.9. The van der Waals surface area contributed by atoms with Gasteiger partial charge in [0.2, 0.25) is 11.8 Å². The molecule has 0 saturated carbocycles. The van der Waals surface area contributed by atoms with E-state index in [2.05, 4.69) is 5.32 Å². The largest absolute Gasteiger partial charge is 0.478 e. The van der Waals surface area contributed by atoms with Crippen molar-refractivity contribution in [3.05, 3.63) is 71.3 Å². The first-order chi connectivity index (χ1) is 13.6. The van der Waals surface area contributed by atoms with Gasteiger partial charge in [-0.3, -0.25) is 9.59 Å². The molecule has 1 fully saturated rings. The van der Waals surface area contributed by atoms with Crippen molar-refractivity contribution in [3.63, 3.8) is 0 Å². The molecule has 1 aliphatic heterocycles. The van der Waals surface area contributed by atoms with Crippen molar-refractivity contribution >= 4 is 17.8 Å². The minimum absolute atomic E-state index is 0.0134. The highest BCUT2D eigenvalue weighted by Gasteiger charge is 2.32. The second-order valence-electron chi connectivity index (χ2n) is 6.90. The van der Waals surface area contributed by atoms with Gasteiger partial charge in [0, 0.05) is 19.5 Å². The van der Waals surface area contributed by atoms with Crippen LogP contribution in [-0.4, -0.2) is 40.9 Å². The Morgan fingerprint density at radius 3 is 2.39 bits per heavy atom. The zero-order valence-corrected chi connectivity index (χ0v) is 15.6. The van der Waals surface area contributed by atoms with E-state index in [0.29, 0.717) is 25.9 Å². The van der Waals surface area contributed by atoms with Crippen LogP contribution in [0.3, 0.4) is 0 Å². The predicted molar refractivity (Wildman–Crippen MR) is 105 cm³/mol. The molecule has 2 N–H and O–H groups in total. The van der Waals surface area contributed by atoms with Crippen LogP contribution < -0.4 is 5.32 Å². The van der Waals surface area contributed by atoms with E-state index in [4.69, 9.17) is 5.11 Å². The Bertz CT molecular complexity index is 833. The third kappa shape index (κ3) is 4.76. The van der Waals surface area contributed by atoms with E-state index >= 15 is 0 Å². The van der Waals surface area contributed by atoms with Crippen LogP contribution in [-0.2, 0) is 16.0 Å². The first-order valence-electron chi connectivity index (χ1n) is 9.50. The van der Waals surface area contributed by atoms with E-state index in [1.165, 1.54) is 0 Å². The van der Waals surface area contributed by atoms with E-state index in [-0.39, 0.29) is 17.4 Å². The Kier molecular flexibility index (Phi) is 6.42. The van der Waals surface area contributed by atoms with Crippen molar-refractivity contribution in [2.45, 2.75) is 31.7 Å². The molecule has 0 spiro atoms. The van der Waals surface area contributed by atoms with Crippen molar-refractivity contribution in [2.24, 2.45) is 0 Å². The zero-order valence-electron chi connectivity index (χ0n) is 15.6. The third-order valence-corrected chi connectivity index (χ3v) is 4.95. The van der Waals surface area contributed by atoms with Crippen molar-refractivity contribution in [1.82, 2.24) is 10.2 Å². The molecular formula is C22H24N2O4. The lowest BCUT2D eigenvalue weighted by molar-refractivity contribution is -0.142. The van der Waals surface area contributed by atoms with Crippen LogP contribution >= 0.6 is 0 Å². The lowest BCUT2D eigenvalue weighted by atomic mass is 10.0. The van der Waals surface area contributed by atoms with Gasteiger partial charge in [-0.05, 0) is 42.5 Å². The Labute approximate surface area is 164 Å². The number of nitrogens with zero attached hydrogens (tertiary/aromatic N) is 1. The molecule has 1 unspecified atom stereocenters. The Morgan fingerprint density at radius 2 is 1.75 bits per heavy atom. The number of rotatable bonds is 7. The number of hydrogen-bond acceptors (Lipinski definition) is 3. The van der Waals surface area contributed by atoms with E-state index in [9.17, 15) is 14.4 Å². The summed E-state index contributed by atoms with van der Waals surface area (Å²) in [5.41, 5.74) is 1.98. The zero-order chi connectivity index (χ0) is 19.9. The van der Waals surface area contributed by atoms with Gasteiger partial charge < -0.3 is 15.3 Å². The van der Waals surface area contributed by atoms with E-state index in [1.54, 1.807) is 29.2 Å². The molecule has 0 radical (unpaired) electrons. The summed E-state index contributed by atoms with van der Waals surface area (Å²) in [6.45, 7) is 0.999. The first-order valence-corrected chi connectivity index (χ1v) is 9.50. The number of carboxylic acid groups (broad SMARTS) is 1. The molecule has 2 amide bonds. The fourth-order valence-electron chi connectivity index (χ4n) is 3.45. The van der Waals surface area contributed by atoms with Crippen LogP contribution in [0.1, 0.15) is 46.8 Å². The highest BCUT2D eigenvalue weighted by molar-refractivity contribution is 5.89. The van der Waals surface area contributed by atoms with Gasteiger partial charge >= 0.3 is 5.97 Å². The van der Waals surface area contributed by atoms with Gasteiger partial charge in [0.05, 0.1) is 5.56 Å². The fraction of sp³-hybridized carbons (Fsp3) is 0.318. The van der Waals surface area contributed by atoms with Gasteiger partial charge in [-0.15, -0.1) is 0 Å². The molecule has 0 aliphatic carbocycles. The topological polar surface area (TPSA) is 86.7 Å². The summed E-state index contributed by atoms with van der Waals surface area (Å²) in [6.07, 6.45) is 2.83. The summed E-state index contributed by atoms with van der Waals surface area (Å²) >= 11 is 0. The second-order valence-corrected chi connectivity index (χ2v) is 6.90. The van der Waals surface area contributed by atoms with E-state index in [0.717, 1.165) is 24.0 Å². The van der Waals surface area contributed by atoms with Gasteiger partial charge in [0.1, 0.15) is 6.04 Å². The van der Waals surface area contributed by atoms with Crippen molar-refractivity contribution in [3.8, 4) is 0 Å². The van der Waals surface area contributed by atoms with Crippen LogP contribution in [0.15, 0.2) is 54.6 Å². The number of piperidine rings is 1. The molecule has 146 valence electrons. The van der Waals surface area contributed by atoms with Crippen LogP contribution in [0.2, 0.25) is 0 Å². The molecule has 1 heterocycles. The van der Waals surface area contributed by atoms with Gasteiger partial charge in [0.15, 0.2) is 0 Å². The lowest BCUT2D eigenvalue weighted by Crippen LogP contribution is -2.46. The van der Waals surface area contributed by atoms with Gasteiger partial charge in [-0.25, -0.2) is 4.79 Å². The highest BCUT2D eigenvalue weighted by Crippen LogP contribution is 2.25. The standard InChI is InChI=1S/C22H24N2O4/c25-19-8-4-5-15-24(19)20(17-6-2-1-3-7-17)21(26)23-14-13-16-9-11-18(12-10-16)22(27)28/h1-3,6-7,9-12,20H,4-5,8,13-15H2,(H,23,26)(H,27,28). The van der Waals surface area contributed by atoms with Gasteiger partial charge in [-0.2, -0.15) is 0 Å². The van der Waals surface area contributed by atoms with Gasteiger partial charge in [-0.1, -0.05) is 42.5 Å². The summed E-state index contributed by atoms with van der Waals surface area (Å²) < 4.78 is 0. The summed E-state index contributed by atoms with van der Waals surface area (Å²) in [5, 5.41) is 11.9. The van der Waals surface area contributed by atoms with Crippen LogP contribution in [0.25, 0.3) is 0 Å². The fourth-order valence-corrected chi connectivity index (χ4v) is 3.45. The average molecular weight is 380 g/mol. The number of likely N-dealkylation sites (tertiary alicyclic amines) is 1. The monoisotopic (exact) mass is 380 g/mol. The minimum atomic E-state index is -0.961. The highest BCUT2D eigenvalue weighted by atomic mass is 16.4. The first kappa shape index (κ1) is 19.6. The van der Waals surface area contributed by atoms with E-state index in [1.807, 2.05) is 30.3 Å². The molecule has 1 aliphatic rings. The molecule has 6 nitrogen and oxygen atoms in total. The second kappa shape index (κ2) is 9.17.